The Kier molecular flexibility index (Phi) is 9.41. The number of carbonyl (C=O) groups is 2. The van der Waals surface area contributed by atoms with Gasteiger partial charge in [0.2, 0.25) is 15.9 Å². The first-order valence-electron chi connectivity index (χ1n) is 12.8. The second kappa shape index (κ2) is 12.6. The summed E-state index contributed by atoms with van der Waals surface area (Å²) < 4.78 is 28.6. The Hall–Kier alpha value is -3.11. The number of hydrogen-bond acceptors (Lipinski definition) is 5. The number of amides is 2. The Balaban J connectivity index is 1.39. The van der Waals surface area contributed by atoms with Crippen molar-refractivity contribution in [3.8, 4) is 0 Å². The minimum atomic E-state index is -3.68. The number of rotatable bonds is 10. The molecule has 8 nitrogen and oxygen atoms in total. The molecule has 4 rings (SSSR count). The van der Waals surface area contributed by atoms with E-state index < -0.39 is 22.0 Å². The molecular formula is C29H32Cl2N4O4S. The van der Waals surface area contributed by atoms with Crippen LogP contribution in [0.25, 0.3) is 0 Å². The van der Waals surface area contributed by atoms with E-state index in [1.807, 2.05) is 48.5 Å². The maximum atomic E-state index is 13.0. The second-order valence-corrected chi connectivity index (χ2v) is 12.9. The summed E-state index contributed by atoms with van der Waals surface area (Å²) in [7, 11) is -0.462. The van der Waals surface area contributed by atoms with Gasteiger partial charge in [-0.05, 0) is 60.5 Å². The van der Waals surface area contributed by atoms with Gasteiger partial charge in [0.1, 0.15) is 6.04 Å². The molecule has 0 saturated carbocycles. The lowest BCUT2D eigenvalue weighted by Gasteiger charge is -2.44. The highest BCUT2D eigenvalue weighted by atomic mass is 35.5. The molecule has 1 fully saturated rings. The highest BCUT2D eigenvalue weighted by Gasteiger charge is 2.36. The van der Waals surface area contributed by atoms with Crippen LogP contribution in [0.15, 0.2) is 72.8 Å². The fraction of sp³-hybridized carbons (Fsp3) is 0.310. The Morgan fingerprint density at radius 1 is 0.950 bits per heavy atom. The van der Waals surface area contributed by atoms with Gasteiger partial charge in [0.25, 0.3) is 5.91 Å². The first-order valence-corrected chi connectivity index (χ1v) is 15.2. The molecule has 212 valence electrons. The highest BCUT2D eigenvalue weighted by Crippen LogP contribution is 2.35. The fourth-order valence-electron chi connectivity index (χ4n) is 4.81. The van der Waals surface area contributed by atoms with Gasteiger partial charge >= 0.3 is 0 Å². The van der Waals surface area contributed by atoms with Crippen LogP contribution in [0.2, 0.25) is 10.0 Å². The van der Waals surface area contributed by atoms with E-state index in [0.29, 0.717) is 23.1 Å². The highest BCUT2D eigenvalue weighted by molar-refractivity contribution is 7.92. The van der Waals surface area contributed by atoms with Crippen molar-refractivity contribution in [3.63, 3.8) is 0 Å². The van der Waals surface area contributed by atoms with Crippen LogP contribution < -0.4 is 10.0 Å². The standard InChI is InChI=1S/C29H32Cl2N4O4S/c1-19(29(37)34(2)3)32-28(36)23-5-4-6-26(15-23)33-40(38,39)18-20-16-35(17-20)27(21-7-11-24(30)12-8-21)22-9-13-25(31)14-10-22/h4-15,19-20,27,33H,16-18H2,1-3H3,(H,32,36)/t19-/m0/s1. The maximum absolute atomic E-state index is 13.0. The molecule has 2 N–H and O–H groups in total. The average Bonchev–Trinajstić information content (AvgIpc) is 2.88. The molecule has 0 aromatic heterocycles. The number of halogens is 2. The third-order valence-electron chi connectivity index (χ3n) is 6.73. The van der Waals surface area contributed by atoms with Crippen molar-refractivity contribution in [2.45, 2.75) is 19.0 Å². The lowest BCUT2D eigenvalue weighted by Crippen LogP contribution is -2.51. The molecule has 0 spiro atoms. The van der Waals surface area contributed by atoms with Crippen LogP contribution in [0.5, 0.6) is 0 Å². The van der Waals surface area contributed by atoms with Gasteiger partial charge in [-0.3, -0.25) is 19.2 Å². The van der Waals surface area contributed by atoms with Crippen molar-refractivity contribution in [2.75, 3.05) is 37.7 Å². The normalized spacial score (nSPS) is 14.8. The van der Waals surface area contributed by atoms with E-state index in [4.69, 9.17) is 23.2 Å². The van der Waals surface area contributed by atoms with Crippen molar-refractivity contribution in [3.05, 3.63) is 99.5 Å². The van der Waals surface area contributed by atoms with Gasteiger partial charge in [0, 0.05) is 54.4 Å². The smallest absolute Gasteiger partial charge is 0.251 e. The largest absolute Gasteiger partial charge is 0.347 e. The van der Waals surface area contributed by atoms with E-state index in [9.17, 15) is 18.0 Å². The predicted octanol–water partition coefficient (Wildman–Crippen LogP) is 4.66. The summed E-state index contributed by atoms with van der Waals surface area (Å²) in [6, 6.07) is 20.8. The molecule has 1 heterocycles. The van der Waals surface area contributed by atoms with Crippen LogP contribution in [0, 0.1) is 5.92 Å². The summed E-state index contributed by atoms with van der Waals surface area (Å²) in [5.74, 6) is -0.825. The summed E-state index contributed by atoms with van der Waals surface area (Å²) in [4.78, 5) is 28.3. The molecule has 3 aromatic rings. The van der Waals surface area contributed by atoms with Gasteiger partial charge in [-0.2, -0.15) is 0 Å². The Labute approximate surface area is 245 Å². The van der Waals surface area contributed by atoms with E-state index in [1.54, 1.807) is 39.2 Å². The lowest BCUT2D eigenvalue weighted by molar-refractivity contribution is -0.130. The lowest BCUT2D eigenvalue weighted by atomic mass is 9.91. The van der Waals surface area contributed by atoms with Crippen molar-refractivity contribution < 1.29 is 18.0 Å². The number of carbonyl (C=O) groups excluding carboxylic acids is 2. The van der Waals surface area contributed by atoms with Crippen LogP contribution in [-0.4, -0.2) is 69.0 Å². The quantitative estimate of drug-likeness (QED) is 0.351. The van der Waals surface area contributed by atoms with Crippen molar-refractivity contribution >= 4 is 50.7 Å². The van der Waals surface area contributed by atoms with Crippen LogP contribution in [0.1, 0.15) is 34.5 Å². The summed E-state index contributed by atoms with van der Waals surface area (Å²) in [6.07, 6.45) is 0. The second-order valence-electron chi connectivity index (χ2n) is 10.2. The Morgan fingerprint density at radius 2 is 1.50 bits per heavy atom. The molecule has 1 saturated heterocycles. The molecule has 0 unspecified atom stereocenters. The number of nitrogens with zero attached hydrogens (tertiary/aromatic N) is 2. The number of hydrogen-bond donors (Lipinski definition) is 2. The molecule has 0 aliphatic carbocycles. The number of likely N-dealkylation sites (tertiary alicyclic amines) is 1. The van der Waals surface area contributed by atoms with E-state index in [2.05, 4.69) is 14.9 Å². The Bertz CT molecular complexity index is 1410. The first kappa shape index (κ1) is 29.9. The third-order valence-corrected chi connectivity index (χ3v) is 8.69. The summed E-state index contributed by atoms with van der Waals surface area (Å²) in [5.41, 5.74) is 2.66. The van der Waals surface area contributed by atoms with Crippen LogP contribution in [0.3, 0.4) is 0 Å². The third kappa shape index (κ3) is 7.54. The summed E-state index contributed by atoms with van der Waals surface area (Å²) in [5, 5.41) is 3.94. The maximum Gasteiger partial charge on any atom is 0.251 e. The molecule has 1 atom stereocenters. The van der Waals surface area contributed by atoms with Crippen molar-refractivity contribution in [2.24, 2.45) is 5.92 Å². The van der Waals surface area contributed by atoms with Crippen molar-refractivity contribution in [1.82, 2.24) is 15.1 Å². The van der Waals surface area contributed by atoms with Crippen LogP contribution in [0.4, 0.5) is 5.69 Å². The van der Waals surface area contributed by atoms with Gasteiger partial charge in [0.05, 0.1) is 11.8 Å². The van der Waals surface area contributed by atoms with Gasteiger partial charge in [-0.1, -0.05) is 53.5 Å². The number of likely N-dealkylation sites (N-methyl/N-ethyl adjacent to an activating group) is 1. The van der Waals surface area contributed by atoms with Crippen molar-refractivity contribution in [1.29, 1.82) is 0 Å². The van der Waals surface area contributed by atoms with Gasteiger partial charge in [-0.25, -0.2) is 8.42 Å². The van der Waals surface area contributed by atoms with E-state index in [0.717, 1.165) is 11.1 Å². The molecule has 11 heteroatoms. The van der Waals surface area contributed by atoms with Crippen LogP contribution >= 0.6 is 23.2 Å². The molecule has 1 aliphatic heterocycles. The van der Waals surface area contributed by atoms with E-state index >= 15 is 0 Å². The zero-order chi connectivity index (χ0) is 29.0. The predicted molar refractivity (Wildman–Crippen MR) is 159 cm³/mol. The van der Waals surface area contributed by atoms with E-state index in [-0.39, 0.29) is 34.9 Å². The first-order chi connectivity index (χ1) is 18.9. The number of anilines is 1. The molecular weight excluding hydrogens is 571 g/mol. The number of sulfonamides is 1. The minimum Gasteiger partial charge on any atom is -0.347 e. The molecule has 3 aromatic carbocycles. The zero-order valence-electron chi connectivity index (χ0n) is 22.5. The number of benzene rings is 3. The Morgan fingerprint density at radius 3 is 2.02 bits per heavy atom. The molecule has 0 bridgehead atoms. The summed E-state index contributed by atoms with van der Waals surface area (Å²) >= 11 is 12.2. The fourth-order valence-corrected chi connectivity index (χ4v) is 6.47. The minimum absolute atomic E-state index is 0.0533. The topological polar surface area (TPSA) is 98.8 Å². The van der Waals surface area contributed by atoms with Gasteiger partial charge in [0.15, 0.2) is 0 Å². The monoisotopic (exact) mass is 602 g/mol. The average molecular weight is 604 g/mol. The molecule has 0 radical (unpaired) electrons. The summed E-state index contributed by atoms with van der Waals surface area (Å²) in [6.45, 7) is 2.78. The number of nitrogens with one attached hydrogen (secondary N) is 2. The zero-order valence-corrected chi connectivity index (χ0v) is 24.8. The van der Waals surface area contributed by atoms with Gasteiger partial charge < -0.3 is 10.2 Å². The molecule has 2 amide bonds. The van der Waals surface area contributed by atoms with Crippen LogP contribution in [-0.2, 0) is 14.8 Å². The molecule has 1 aliphatic rings. The van der Waals surface area contributed by atoms with E-state index in [1.165, 1.54) is 11.0 Å². The molecule has 40 heavy (non-hydrogen) atoms. The van der Waals surface area contributed by atoms with Gasteiger partial charge in [-0.15, -0.1) is 0 Å². The SMILES string of the molecule is C[C@H](NC(=O)c1cccc(NS(=O)(=O)CC2CN(C(c3ccc(Cl)cc3)c3ccc(Cl)cc3)C2)c1)C(=O)N(C)C.